The monoisotopic (exact) mass is 280 g/mol. The van der Waals surface area contributed by atoms with Gasteiger partial charge in [-0.2, -0.15) is 0 Å². The first-order valence-corrected chi connectivity index (χ1v) is 6.39. The van der Waals surface area contributed by atoms with Gasteiger partial charge in [0.25, 0.3) is 0 Å². The Kier molecular flexibility index (Phi) is 6.36. The predicted molar refractivity (Wildman–Crippen MR) is 76.1 cm³/mol. The molecule has 6 heteroatoms. The molecule has 2 amide bonds. The number of hydrogen-bond donors (Lipinski definition) is 2. The van der Waals surface area contributed by atoms with Gasteiger partial charge in [-0.25, -0.2) is 0 Å². The summed E-state index contributed by atoms with van der Waals surface area (Å²) in [5, 5.41) is 5.28. The Labute approximate surface area is 118 Å². The van der Waals surface area contributed by atoms with Crippen LogP contribution in [0.4, 0.5) is 5.69 Å². The molecule has 1 aromatic rings. The summed E-state index contributed by atoms with van der Waals surface area (Å²) in [6.07, 6.45) is 0.620. The van der Waals surface area contributed by atoms with Gasteiger partial charge in [0.1, 0.15) is 17.9 Å². The van der Waals surface area contributed by atoms with E-state index in [0.717, 1.165) is 6.42 Å². The first kappa shape index (κ1) is 15.8. The second kappa shape index (κ2) is 8.04. The van der Waals surface area contributed by atoms with Crippen LogP contribution < -0.4 is 20.1 Å². The maximum Gasteiger partial charge on any atom is 0.233 e. The highest BCUT2D eigenvalue weighted by molar-refractivity contribution is 6.04. The van der Waals surface area contributed by atoms with E-state index < -0.39 is 0 Å². The highest BCUT2D eigenvalue weighted by Crippen LogP contribution is 2.28. The van der Waals surface area contributed by atoms with Crippen LogP contribution in [0, 0.1) is 0 Å². The van der Waals surface area contributed by atoms with Crippen molar-refractivity contribution in [3.05, 3.63) is 18.2 Å². The van der Waals surface area contributed by atoms with Crippen molar-refractivity contribution in [3.63, 3.8) is 0 Å². The largest absolute Gasteiger partial charge is 0.497 e. The van der Waals surface area contributed by atoms with Crippen molar-refractivity contribution in [1.82, 2.24) is 5.32 Å². The number of nitrogens with one attached hydrogen (secondary N) is 2. The van der Waals surface area contributed by atoms with Gasteiger partial charge in [-0.1, -0.05) is 6.92 Å². The summed E-state index contributed by atoms with van der Waals surface area (Å²) in [4.78, 5) is 23.2. The van der Waals surface area contributed by atoms with E-state index in [1.165, 1.54) is 7.11 Å². The lowest BCUT2D eigenvalue weighted by atomic mass is 10.2. The van der Waals surface area contributed by atoms with Crippen molar-refractivity contribution in [2.24, 2.45) is 0 Å². The van der Waals surface area contributed by atoms with Gasteiger partial charge in [0.2, 0.25) is 11.8 Å². The number of hydrogen-bond acceptors (Lipinski definition) is 4. The lowest BCUT2D eigenvalue weighted by Gasteiger charge is -2.11. The van der Waals surface area contributed by atoms with Crippen LogP contribution in [0.1, 0.15) is 19.8 Å². The molecule has 110 valence electrons. The summed E-state index contributed by atoms with van der Waals surface area (Å²) in [7, 11) is 3.05. The average Bonchev–Trinajstić information content (AvgIpc) is 2.45. The zero-order valence-corrected chi connectivity index (χ0v) is 12.0. The predicted octanol–water partition coefficient (Wildman–Crippen LogP) is 1.56. The molecule has 0 aromatic heterocycles. The number of benzene rings is 1. The molecule has 0 aliphatic heterocycles. The van der Waals surface area contributed by atoms with E-state index in [1.807, 2.05) is 6.92 Å². The van der Waals surface area contributed by atoms with Crippen LogP contribution in [0.5, 0.6) is 11.5 Å². The van der Waals surface area contributed by atoms with Crippen LogP contribution in [0.15, 0.2) is 18.2 Å². The smallest absolute Gasteiger partial charge is 0.233 e. The number of rotatable bonds is 7. The maximum absolute atomic E-state index is 11.7. The van der Waals surface area contributed by atoms with Gasteiger partial charge in [-0.05, 0) is 18.6 Å². The molecule has 0 heterocycles. The first-order chi connectivity index (χ1) is 9.60. The van der Waals surface area contributed by atoms with Crippen molar-refractivity contribution in [2.75, 3.05) is 26.1 Å². The fourth-order valence-corrected chi connectivity index (χ4v) is 1.57. The van der Waals surface area contributed by atoms with Crippen LogP contribution in [-0.2, 0) is 9.59 Å². The van der Waals surface area contributed by atoms with Gasteiger partial charge in [-0.15, -0.1) is 0 Å². The molecule has 0 fully saturated rings. The molecule has 0 saturated heterocycles. The summed E-state index contributed by atoms with van der Waals surface area (Å²) < 4.78 is 10.2. The Morgan fingerprint density at radius 3 is 2.50 bits per heavy atom. The van der Waals surface area contributed by atoms with Crippen molar-refractivity contribution in [3.8, 4) is 11.5 Å². The second-order valence-corrected chi connectivity index (χ2v) is 4.14. The van der Waals surface area contributed by atoms with Gasteiger partial charge >= 0.3 is 0 Å². The van der Waals surface area contributed by atoms with E-state index in [1.54, 1.807) is 25.3 Å². The van der Waals surface area contributed by atoms with Gasteiger partial charge in [0, 0.05) is 12.6 Å². The maximum atomic E-state index is 11.7. The molecule has 20 heavy (non-hydrogen) atoms. The SMILES string of the molecule is CCCNC(=O)CC(=O)Nc1ccc(OC)cc1OC. The van der Waals surface area contributed by atoms with Gasteiger partial charge < -0.3 is 20.1 Å². The minimum Gasteiger partial charge on any atom is -0.497 e. The number of carbonyl (C=O) groups is 2. The molecule has 0 bridgehead atoms. The van der Waals surface area contributed by atoms with Crippen LogP contribution in [-0.4, -0.2) is 32.6 Å². The summed E-state index contributed by atoms with van der Waals surface area (Å²) in [6, 6.07) is 5.03. The Morgan fingerprint density at radius 2 is 1.90 bits per heavy atom. The summed E-state index contributed by atoms with van der Waals surface area (Å²) in [5.41, 5.74) is 0.501. The Hall–Kier alpha value is -2.24. The number of ether oxygens (including phenoxy) is 2. The van der Waals surface area contributed by atoms with E-state index in [4.69, 9.17) is 9.47 Å². The minimum absolute atomic E-state index is 0.213. The highest BCUT2D eigenvalue weighted by Gasteiger charge is 2.12. The number of anilines is 1. The van der Waals surface area contributed by atoms with Gasteiger partial charge in [-0.3, -0.25) is 9.59 Å². The zero-order chi connectivity index (χ0) is 15.0. The number of carbonyl (C=O) groups excluding carboxylic acids is 2. The third-order valence-electron chi connectivity index (χ3n) is 2.58. The van der Waals surface area contributed by atoms with Crippen LogP contribution in [0.3, 0.4) is 0 Å². The Balaban J connectivity index is 2.63. The molecule has 0 unspecified atom stereocenters. The van der Waals surface area contributed by atoms with Gasteiger partial charge in [0.15, 0.2) is 0 Å². The van der Waals surface area contributed by atoms with Crippen molar-refractivity contribution >= 4 is 17.5 Å². The van der Waals surface area contributed by atoms with E-state index in [9.17, 15) is 9.59 Å². The molecule has 0 atom stereocenters. The molecular weight excluding hydrogens is 260 g/mol. The fraction of sp³-hybridized carbons (Fsp3) is 0.429. The molecule has 0 radical (unpaired) electrons. The van der Waals surface area contributed by atoms with Gasteiger partial charge in [0.05, 0.1) is 19.9 Å². The minimum atomic E-state index is -0.387. The first-order valence-electron chi connectivity index (χ1n) is 6.39. The number of methoxy groups -OCH3 is 2. The number of amides is 2. The van der Waals surface area contributed by atoms with E-state index >= 15 is 0 Å². The lowest BCUT2D eigenvalue weighted by Crippen LogP contribution is -2.28. The topological polar surface area (TPSA) is 76.7 Å². The van der Waals surface area contributed by atoms with E-state index in [0.29, 0.717) is 23.7 Å². The molecule has 0 saturated carbocycles. The van der Waals surface area contributed by atoms with Crippen LogP contribution in [0.2, 0.25) is 0 Å². The van der Waals surface area contributed by atoms with Crippen LogP contribution >= 0.6 is 0 Å². The van der Waals surface area contributed by atoms with E-state index in [-0.39, 0.29) is 18.2 Å². The Bertz CT molecular complexity index is 474. The molecule has 0 aliphatic carbocycles. The third-order valence-corrected chi connectivity index (χ3v) is 2.58. The summed E-state index contributed by atoms with van der Waals surface area (Å²) in [5.74, 6) is 0.422. The normalized spacial score (nSPS) is 9.75. The lowest BCUT2D eigenvalue weighted by molar-refractivity contribution is -0.126. The summed E-state index contributed by atoms with van der Waals surface area (Å²) in [6.45, 7) is 2.51. The molecule has 0 aliphatic rings. The Morgan fingerprint density at radius 1 is 1.15 bits per heavy atom. The molecule has 1 aromatic carbocycles. The third kappa shape index (κ3) is 4.79. The molecule has 0 spiro atoms. The van der Waals surface area contributed by atoms with Crippen molar-refractivity contribution in [1.29, 1.82) is 0 Å². The standard InChI is InChI=1S/C14H20N2O4/c1-4-7-15-13(17)9-14(18)16-11-6-5-10(19-2)8-12(11)20-3/h5-6,8H,4,7,9H2,1-3H3,(H,15,17)(H,16,18). The fourth-order valence-electron chi connectivity index (χ4n) is 1.57. The molecular formula is C14H20N2O4. The zero-order valence-electron chi connectivity index (χ0n) is 12.0. The average molecular weight is 280 g/mol. The molecule has 2 N–H and O–H groups in total. The quantitative estimate of drug-likeness (QED) is 0.743. The molecule has 1 rings (SSSR count). The highest BCUT2D eigenvalue weighted by atomic mass is 16.5. The van der Waals surface area contributed by atoms with Crippen molar-refractivity contribution in [2.45, 2.75) is 19.8 Å². The van der Waals surface area contributed by atoms with Crippen LogP contribution in [0.25, 0.3) is 0 Å². The molecule has 6 nitrogen and oxygen atoms in total. The van der Waals surface area contributed by atoms with Crippen molar-refractivity contribution < 1.29 is 19.1 Å². The van der Waals surface area contributed by atoms with E-state index in [2.05, 4.69) is 10.6 Å². The second-order valence-electron chi connectivity index (χ2n) is 4.14. The summed E-state index contributed by atoms with van der Waals surface area (Å²) >= 11 is 0.